The lowest BCUT2D eigenvalue weighted by molar-refractivity contribution is -0.137. The summed E-state index contributed by atoms with van der Waals surface area (Å²) >= 11 is 0. The van der Waals surface area contributed by atoms with Crippen molar-refractivity contribution in [2.24, 2.45) is 0 Å². The minimum Gasteiger partial charge on any atom is -0.487 e. The summed E-state index contributed by atoms with van der Waals surface area (Å²) in [6, 6.07) is 7.38. The van der Waals surface area contributed by atoms with Gasteiger partial charge in [0.2, 0.25) is 0 Å². The van der Waals surface area contributed by atoms with Gasteiger partial charge in [-0.25, -0.2) is 0 Å². The molecule has 0 spiro atoms. The largest absolute Gasteiger partial charge is 0.487 e. The van der Waals surface area contributed by atoms with Gasteiger partial charge < -0.3 is 10.1 Å². The third kappa shape index (κ3) is 3.44. The number of alkyl halides is 3. The number of benzene rings is 1. The molecule has 0 fully saturated rings. The topological polar surface area (TPSA) is 51.2 Å². The molecule has 3 rings (SSSR count). The quantitative estimate of drug-likeness (QED) is 0.945. The van der Waals surface area contributed by atoms with Crippen LogP contribution in [-0.4, -0.2) is 17.4 Å². The highest BCUT2D eigenvalue weighted by molar-refractivity contribution is 5.96. The molecule has 0 saturated carbocycles. The molecule has 120 valence electrons. The number of carbonyl (C=O) groups excluding carboxylic acids is 1. The van der Waals surface area contributed by atoms with E-state index in [0.29, 0.717) is 23.6 Å². The lowest BCUT2D eigenvalue weighted by atomic mass is 10.0. The minimum atomic E-state index is -4.40. The van der Waals surface area contributed by atoms with Crippen LogP contribution in [0.1, 0.15) is 27.2 Å². The van der Waals surface area contributed by atoms with E-state index in [-0.39, 0.29) is 12.5 Å². The second kappa shape index (κ2) is 5.91. The second-order valence-electron chi connectivity index (χ2n) is 5.15. The van der Waals surface area contributed by atoms with Crippen molar-refractivity contribution >= 4 is 5.91 Å². The van der Waals surface area contributed by atoms with Crippen LogP contribution in [0, 0.1) is 0 Å². The maximum Gasteiger partial charge on any atom is 0.417 e. The van der Waals surface area contributed by atoms with E-state index in [1.165, 1.54) is 6.07 Å². The summed E-state index contributed by atoms with van der Waals surface area (Å²) in [4.78, 5) is 15.4. The Kier molecular flexibility index (Phi) is 3.94. The fraction of sp³-hybridized carbons (Fsp3) is 0.250. The van der Waals surface area contributed by atoms with Crippen LogP contribution in [0.5, 0.6) is 5.75 Å². The molecular weight excluding hydrogens is 309 g/mol. The highest BCUT2D eigenvalue weighted by atomic mass is 19.4. The zero-order valence-electron chi connectivity index (χ0n) is 12.0. The number of nitrogens with one attached hydrogen (secondary N) is 1. The Bertz CT molecular complexity index is 727. The number of carbonyl (C=O) groups is 1. The van der Waals surface area contributed by atoms with Crippen LogP contribution in [-0.2, 0) is 19.2 Å². The summed E-state index contributed by atoms with van der Waals surface area (Å²) in [6.07, 6.45) is -2.89. The maximum absolute atomic E-state index is 12.5. The number of fused-ring (bicyclic) bond motifs is 1. The van der Waals surface area contributed by atoms with Gasteiger partial charge in [0.1, 0.15) is 12.4 Å². The normalized spacial score (nSPS) is 14.1. The Morgan fingerprint density at radius 2 is 2.04 bits per heavy atom. The van der Waals surface area contributed by atoms with E-state index in [0.717, 1.165) is 24.2 Å². The van der Waals surface area contributed by atoms with Gasteiger partial charge in [0.15, 0.2) is 0 Å². The highest BCUT2D eigenvalue weighted by Crippen LogP contribution is 2.28. The molecule has 2 aromatic rings. The molecule has 1 amide bonds. The second-order valence-corrected chi connectivity index (χ2v) is 5.15. The predicted molar refractivity (Wildman–Crippen MR) is 76.1 cm³/mol. The summed E-state index contributed by atoms with van der Waals surface area (Å²) in [5.41, 5.74) is 1.12. The van der Waals surface area contributed by atoms with Crippen LogP contribution < -0.4 is 10.1 Å². The van der Waals surface area contributed by atoms with Crippen molar-refractivity contribution in [3.05, 3.63) is 58.9 Å². The number of ether oxygens (including phenoxy) is 1. The van der Waals surface area contributed by atoms with Gasteiger partial charge in [0, 0.05) is 18.3 Å². The molecule has 0 radical (unpaired) electrons. The van der Waals surface area contributed by atoms with Crippen LogP contribution in [0.2, 0.25) is 0 Å². The van der Waals surface area contributed by atoms with Crippen molar-refractivity contribution in [1.29, 1.82) is 0 Å². The van der Waals surface area contributed by atoms with Crippen molar-refractivity contribution in [3.8, 4) is 5.75 Å². The molecule has 7 heteroatoms. The Labute approximate surface area is 130 Å². The monoisotopic (exact) mass is 322 g/mol. The zero-order valence-corrected chi connectivity index (χ0v) is 12.0. The fourth-order valence-electron chi connectivity index (χ4n) is 2.33. The van der Waals surface area contributed by atoms with Gasteiger partial charge in [-0.15, -0.1) is 0 Å². The van der Waals surface area contributed by atoms with E-state index >= 15 is 0 Å². The molecule has 23 heavy (non-hydrogen) atoms. The lowest BCUT2D eigenvalue weighted by Gasteiger charge is -2.17. The van der Waals surface area contributed by atoms with Crippen molar-refractivity contribution in [3.63, 3.8) is 0 Å². The average Bonchev–Trinajstić information content (AvgIpc) is 2.52. The summed E-state index contributed by atoms with van der Waals surface area (Å²) in [5, 5.41) is 2.75. The van der Waals surface area contributed by atoms with Crippen LogP contribution in [0.15, 0.2) is 36.5 Å². The first kappa shape index (κ1) is 15.3. The summed E-state index contributed by atoms with van der Waals surface area (Å²) < 4.78 is 42.9. The van der Waals surface area contributed by atoms with Gasteiger partial charge in [0.25, 0.3) is 5.91 Å². The van der Waals surface area contributed by atoms with Crippen LogP contribution in [0.4, 0.5) is 13.2 Å². The van der Waals surface area contributed by atoms with E-state index in [1.807, 2.05) is 0 Å². The van der Waals surface area contributed by atoms with E-state index in [2.05, 4.69) is 10.3 Å². The Hall–Kier alpha value is -2.57. The number of aromatic nitrogens is 1. The standard InChI is InChI=1S/C16H13F3N2O2/c17-16(18,19)11-1-2-12(21-8-11)9-23-13-3-4-14-10(7-13)5-6-20-15(14)22/h1-4,7-8H,5-6,9H2,(H,20,22). The molecule has 0 bridgehead atoms. The van der Waals surface area contributed by atoms with Crippen LogP contribution >= 0.6 is 0 Å². The van der Waals surface area contributed by atoms with E-state index in [1.54, 1.807) is 18.2 Å². The number of halogens is 3. The van der Waals surface area contributed by atoms with E-state index in [9.17, 15) is 18.0 Å². The van der Waals surface area contributed by atoms with Crippen molar-refractivity contribution in [1.82, 2.24) is 10.3 Å². The van der Waals surface area contributed by atoms with Gasteiger partial charge >= 0.3 is 6.18 Å². The van der Waals surface area contributed by atoms with E-state index in [4.69, 9.17) is 4.74 Å². The number of hydrogen-bond donors (Lipinski definition) is 1. The molecule has 1 aromatic carbocycles. The number of pyridine rings is 1. The number of amides is 1. The Balaban J connectivity index is 1.68. The van der Waals surface area contributed by atoms with Crippen molar-refractivity contribution < 1.29 is 22.7 Å². The van der Waals surface area contributed by atoms with Crippen molar-refractivity contribution in [2.45, 2.75) is 19.2 Å². The Morgan fingerprint density at radius 3 is 2.74 bits per heavy atom. The number of rotatable bonds is 3. The predicted octanol–water partition coefficient (Wildman–Crippen LogP) is 2.97. The number of nitrogens with zero attached hydrogens (tertiary/aromatic N) is 1. The molecule has 0 atom stereocenters. The van der Waals surface area contributed by atoms with Gasteiger partial charge in [-0.1, -0.05) is 0 Å². The average molecular weight is 322 g/mol. The molecule has 0 saturated heterocycles. The molecule has 1 aliphatic heterocycles. The minimum absolute atomic E-state index is 0.0587. The third-order valence-corrected chi connectivity index (χ3v) is 3.54. The summed E-state index contributed by atoms with van der Waals surface area (Å²) in [6.45, 7) is 0.638. The summed E-state index contributed by atoms with van der Waals surface area (Å²) in [7, 11) is 0. The molecule has 0 unspecified atom stereocenters. The SMILES string of the molecule is O=C1NCCc2cc(OCc3ccc(C(F)(F)F)cn3)ccc21. The third-order valence-electron chi connectivity index (χ3n) is 3.54. The molecule has 4 nitrogen and oxygen atoms in total. The van der Waals surface area contributed by atoms with E-state index < -0.39 is 11.7 Å². The fourth-order valence-corrected chi connectivity index (χ4v) is 2.33. The molecule has 0 aliphatic carbocycles. The van der Waals surface area contributed by atoms with Gasteiger partial charge in [-0.3, -0.25) is 9.78 Å². The molecule has 1 aliphatic rings. The molecule has 1 N–H and O–H groups in total. The van der Waals surface area contributed by atoms with Gasteiger partial charge in [-0.2, -0.15) is 13.2 Å². The van der Waals surface area contributed by atoms with Crippen LogP contribution in [0.3, 0.4) is 0 Å². The molecule has 1 aromatic heterocycles. The first-order valence-electron chi connectivity index (χ1n) is 6.99. The Morgan fingerprint density at radius 1 is 1.22 bits per heavy atom. The summed E-state index contributed by atoms with van der Waals surface area (Å²) in [5.74, 6) is 0.447. The van der Waals surface area contributed by atoms with Crippen molar-refractivity contribution in [2.75, 3.05) is 6.54 Å². The molecular formula is C16H13F3N2O2. The highest BCUT2D eigenvalue weighted by Gasteiger charge is 2.30. The first-order chi connectivity index (χ1) is 10.9. The first-order valence-corrected chi connectivity index (χ1v) is 6.99. The lowest BCUT2D eigenvalue weighted by Crippen LogP contribution is -2.31. The molecule has 2 heterocycles. The maximum atomic E-state index is 12.5. The van der Waals surface area contributed by atoms with Gasteiger partial charge in [-0.05, 0) is 42.3 Å². The smallest absolute Gasteiger partial charge is 0.417 e. The number of hydrogen-bond acceptors (Lipinski definition) is 3. The van der Waals surface area contributed by atoms with Gasteiger partial charge in [0.05, 0.1) is 11.3 Å². The zero-order chi connectivity index (χ0) is 16.4. The van der Waals surface area contributed by atoms with Crippen LogP contribution in [0.25, 0.3) is 0 Å².